The van der Waals surface area contributed by atoms with Crippen LogP contribution in [0, 0.1) is 0 Å². The van der Waals surface area contributed by atoms with Crippen molar-refractivity contribution in [2.24, 2.45) is 0 Å². The molecule has 0 bridgehead atoms. The number of anilines is 2. The number of nitrogens with one attached hydrogen (secondary N) is 1. The minimum absolute atomic E-state index is 0.0368. The Morgan fingerprint density at radius 1 is 1.03 bits per heavy atom. The topological polar surface area (TPSA) is 106 Å². The lowest BCUT2D eigenvalue weighted by molar-refractivity contribution is -0.141. The maximum Gasteiger partial charge on any atom is 0.312 e. The molecule has 1 aromatic heterocycles. The first-order valence-corrected chi connectivity index (χ1v) is 11.3. The Labute approximate surface area is 194 Å². The van der Waals surface area contributed by atoms with Crippen LogP contribution in [0.1, 0.15) is 39.3 Å². The van der Waals surface area contributed by atoms with Crippen LogP contribution in [0.25, 0.3) is 0 Å². The fourth-order valence-electron chi connectivity index (χ4n) is 3.31. The molecule has 1 N–H and O–H groups in total. The molecule has 9 heteroatoms. The van der Waals surface area contributed by atoms with Crippen LogP contribution < -0.4 is 10.2 Å². The number of ketones is 1. The predicted octanol–water partition coefficient (Wildman–Crippen LogP) is 3.49. The van der Waals surface area contributed by atoms with E-state index in [2.05, 4.69) is 10.3 Å². The normalized spacial score (nSPS) is 13.1. The summed E-state index contributed by atoms with van der Waals surface area (Å²) in [4.78, 5) is 54.4. The fourth-order valence-corrected chi connectivity index (χ4v) is 4.18. The van der Waals surface area contributed by atoms with E-state index in [0.717, 1.165) is 6.42 Å². The molecule has 2 amide bonds. The van der Waals surface area contributed by atoms with Crippen molar-refractivity contribution in [2.75, 3.05) is 23.4 Å². The Hall–Kier alpha value is -3.85. The number of aromatic nitrogens is 1. The molecule has 1 saturated heterocycles. The van der Waals surface area contributed by atoms with E-state index < -0.39 is 12.6 Å². The lowest BCUT2D eigenvalue weighted by Gasteiger charge is -2.10. The zero-order chi connectivity index (χ0) is 23.2. The first-order chi connectivity index (χ1) is 16.0. The Morgan fingerprint density at radius 2 is 1.79 bits per heavy atom. The van der Waals surface area contributed by atoms with Crippen molar-refractivity contribution >= 4 is 45.7 Å². The van der Waals surface area contributed by atoms with Gasteiger partial charge in [-0.3, -0.25) is 24.1 Å². The Balaban J connectivity index is 1.25. The summed E-state index contributed by atoms with van der Waals surface area (Å²) < 4.78 is 5.10. The summed E-state index contributed by atoms with van der Waals surface area (Å²) in [6.45, 7) is 0.246. The van der Waals surface area contributed by atoms with Gasteiger partial charge >= 0.3 is 5.97 Å². The average molecular weight is 464 g/mol. The number of carbonyl (C=O) groups is 4. The van der Waals surface area contributed by atoms with Crippen molar-refractivity contribution in [3.05, 3.63) is 76.8 Å². The lowest BCUT2D eigenvalue weighted by atomic mass is 10.1. The number of ether oxygens (including phenoxy) is 1. The van der Waals surface area contributed by atoms with Crippen molar-refractivity contribution in [2.45, 2.75) is 19.3 Å². The molecular formula is C24H21N3O5S. The van der Waals surface area contributed by atoms with E-state index in [9.17, 15) is 19.2 Å². The SMILES string of the molecule is O=C(Cc1csc(N2CCCC2=O)n1)OCC(=O)c1ccc(NC(=O)c2ccccc2)cc1. The van der Waals surface area contributed by atoms with Gasteiger partial charge in [0.25, 0.3) is 5.91 Å². The van der Waals surface area contributed by atoms with Crippen LogP contribution in [0.2, 0.25) is 0 Å². The molecule has 1 fully saturated rings. The molecule has 3 aromatic rings. The molecule has 0 aliphatic carbocycles. The number of rotatable bonds is 8. The van der Waals surface area contributed by atoms with Crippen LogP contribution in [0.5, 0.6) is 0 Å². The van der Waals surface area contributed by atoms with E-state index in [4.69, 9.17) is 4.74 Å². The first kappa shape index (κ1) is 22.3. The number of nitrogens with zero attached hydrogens (tertiary/aromatic N) is 2. The molecule has 168 valence electrons. The summed E-state index contributed by atoms with van der Waals surface area (Å²) in [5.41, 5.74) is 1.95. The van der Waals surface area contributed by atoms with E-state index >= 15 is 0 Å². The second-order valence-electron chi connectivity index (χ2n) is 7.43. The molecule has 0 spiro atoms. The fraction of sp³-hybridized carbons (Fsp3) is 0.208. The molecule has 33 heavy (non-hydrogen) atoms. The summed E-state index contributed by atoms with van der Waals surface area (Å²) in [5, 5.41) is 5.05. The molecule has 8 nitrogen and oxygen atoms in total. The van der Waals surface area contributed by atoms with E-state index in [1.54, 1.807) is 58.8 Å². The number of hydrogen-bond acceptors (Lipinski definition) is 7. The summed E-state index contributed by atoms with van der Waals surface area (Å²) in [7, 11) is 0. The third-order valence-electron chi connectivity index (χ3n) is 5.03. The molecule has 0 radical (unpaired) electrons. The maximum absolute atomic E-state index is 12.3. The maximum atomic E-state index is 12.3. The van der Waals surface area contributed by atoms with Crippen molar-refractivity contribution in [1.82, 2.24) is 4.98 Å². The zero-order valence-electron chi connectivity index (χ0n) is 17.7. The van der Waals surface area contributed by atoms with Crippen molar-refractivity contribution in [3.63, 3.8) is 0 Å². The molecule has 1 aliphatic heterocycles. The average Bonchev–Trinajstić information content (AvgIpc) is 3.47. The quantitative estimate of drug-likeness (QED) is 0.405. The van der Waals surface area contributed by atoms with Crippen molar-refractivity contribution in [1.29, 1.82) is 0 Å². The molecule has 2 aromatic carbocycles. The Morgan fingerprint density at radius 3 is 2.48 bits per heavy atom. The number of esters is 1. The summed E-state index contributed by atoms with van der Waals surface area (Å²) in [6.07, 6.45) is 1.24. The first-order valence-electron chi connectivity index (χ1n) is 10.4. The molecule has 1 aliphatic rings. The summed E-state index contributed by atoms with van der Waals surface area (Å²) >= 11 is 1.31. The molecule has 0 saturated carbocycles. The number of amides is 2. The van der Waals surface area contributed by atoms with Crippen LogP contribution in [0.15, 0.2) is 60.0 Å². The van der Waals surface area contributed by atoms with Gasteiger partial charge in [0, 0.05) is 35.2 Å². The van der Waals surface area contributed by atoms with Crippen LogP contribution in [0.4, 0.5) is 10.8 Å². The predicted molar refractivity (Wildman–Crippen MR) is 124 cm³/mol. The molecule has 0 unspecified atom stereocenters. The number of benzene rings is 2. The highest BCUT2D eigenvalue weighted by molar-refractivity contribution is 7.14. The molecule has 4 rings (SSSR count). The van der Waals surface area contributed by atoms with Gasteiger partial charge in [0.2, 0.25) is 5.91 Å². The molecule has 2 heterocycles. The number of Topliss-reactive ketones (excluding diaryl/α,β-unsaturated/α-hetero) is 1. The summed E-state index contributed by atoms with van der Waals surface area (Å²) in [5.74, 6) is -1.14. The van der Waals surface area contributed by atoms with E-state index in [1.807, 2.05) is 6.07 Å². The minimum Gasteiger partial charge on any atom is -0.457 e. The van der Waals surface area contributed by atoms with Gasteiger partial charge in [0.05, 0.1) is 12.1 Å². The van der Waals surface area contributed by atoms with Crippen LogP contribution in [-0.2, 0) is 20.7 Å². The van der Waals surface area contributed by atoms with Crippen LogP contribution >= 0.6 is 11.3 Å². The molecule has 0 atom stereocenters. The number of hydrogen-bond donors (Lipinski definition) is 1. The van der Waals surface area contributed by atoms with Gasteiger partial charge in [-0.2, -0.15) is 0 Å². The second kappa shape index (κ2) is 10.2. The minimum atomic E-state index is -0.570. The van der Waals surface area contributed by atoms with Gasteiger partial charge in [-0.15, -0.1) is 11.3 Å². The van der Waals surface area contributed by atoms with E-state index in [0.29, 0.717) is 40.6 Å². The molecular weight excluding hydrogens is 442 g/mol. The smallest absolute Gasteiger partial charge is 0.312 e. The van der Waals surface area contributed by atoms with E-state index in [-0.39, 0.29) is 24.0 Å². The van der Waals surface area contributed by atoms with Gasteiger partial charge in [0.1, 0.15) is 0 Å². The number of carbonyl (C=O) groups excluding carboxylic acids is 4. The summed E-state index contributed by atoms with van der Waals surface area (Å²) in [6, 6.07) is 15.2. The highest BCUT2D eigenvalue weighted by Crippen LogP contribution is 2.25. The van der Waals surface area contributed by atoms with Crippen molar-refractivity contribution in [3.8, 4) is 0 Å². The highest BCUT2D eigenvalue weighted by Gasteiger charge is 2.24. The van der Waals surface area contributed by atoms with Gasteiger partial charge in [-0.05, 0) is 42.8 Å². The Kier molecular flexibility index (Phi) is 6.89. The van der Waals surface area contributed by atoms with Crippen LogP contribution in [-0.4, -0.2) is 41.7 Å². The number of thiazole rings is 1. The van der Waals surface area contributed by atoms with Gasteiger partial charge in [0.15, 0.2) is 17.5 Å². The Bertz CT molecular complexity index is 1170. The third kappa shape index (κ3) is 5.69. The standard InChI is InChI=1S/C24H21N3O5S/c28-20(16-8-10-18(11-9-16)25-23(31)17-5-2-1-3-6-17)14-32-22(30)13-19-15-33-24(26-19)27-12-4-7-21(27)29/h1-3,5-6,8-11,15H,4,7,12-14H2,(H,25,31). The highest BCUT2D eigenvalue weighted by atomic mass is 32.1. The second-order valence-corrected chi connectivity index (χ2v) is 8.27. The monoisotopic (exact) mass is 463 g/mol. The van der Waals surface area contributed by atoms with Crippen molar-refractivity contribution < 1.29 is 23.9 Å². The zero-order valence-corrected chi connectivity index (χ0v) is 18.5. The lowest BCUT2D eigenvalue weighted by Crippen LogP contribution is -2.23. The largest absolute Gasteiger partial charge is 0.457 e. The van der Waals surface area contributed by atoms with E-state index in [1.165, 1.54) is 11.3 Å². The third-order valence-corrected chi connectivity index (χ3v) is 5.95. The van der Waals surface area contributed by atoms with Gasteiger partial charge in [-0.1, -0.05) is 18.2 Å². The van der Waals surface area contributed by atoms with Crippen LogP contribution in [0.3, 0.4) is 0 Å². The van der Waals surface area contributed by atoms with Gasteiger partial charge < -0.3 is 10.1 Å². The van der Waals surface area contributed by atoms with Gasteiger partial charge in [-0.25, -0.2) is 4.98 Å².